The Morgan fingerprint density at radius 2 is 2.13 bits per heavy atom. The molecular formula is C11H13N3O. The molecule has 1 aromatic rings. The average molecular weight is 203 g/mol. The van der Waals surface area contributed by atoms with Gasteiger partial charge in [-0.15, -0.1) is 0 Å². The highest BCUT2D eigenvalue weighted by Gasteiger charge is 1.91. The first kappa shape index (κ1) is 11.0. The van der Waals surface area contributed by atoms with Gasteiger partial charge in [-0.2, -0.15) is 0 Å². The maximum atomic E-state index is 10.1. The number of carbonyl (C=O) groups is 1. The van der Waals surface area contributed by atoms with Crippen LogP contribution in [0.15, 0.2) is 47.1 Å². The van der Waals surface area contributed by atoms with E-state index in [2.05, 4.69) is 10.3 Å². The summed E-state index contributed by atoms with van der Waals surface area (Å²) >= 11 is 0. The van der Waals surface area contributed by atoms with E-state index in [0.717, 1.165) is 11.3 Å². The predicted molar refractivity (Wildman–Crippen MR) is 60.9 cm³/mol. The molecule has 0 saturated carbocycles. The minimum atomic E-state index is 0.385. The summed E-state index contributed by atoms with van der Waals surface area (Å²) in [7, 11) is 0. The monoisotopic (exact) mass is 203 g/mol. The van der Waals surface area contributed by atoms with Crippen molar-refractivity contribution in [1.29, 1.82) is 0 Å². The lowest BCUT2D eigenvalue weighted by Gasteiger charge is -1.98. The van der Waals surface area contributed by atoms with E-state index in [1.165, 1.54) is 6.20 Å². The van der Waals surface area contributed by atoms with Gasteiger partial charge in [0.15, 0.2) is 0 Å². The molecule has 0 spiro atoms. The highest BCUT2D eigenvalue weighted by molar-refractivity contribution is 5.81. The van der Waals surface area contributed by atoms with Crippen LogP contribution in [0, 0.1) is 0 Å². The van der Waals surface area contributed by atoms with Crippen molar-refractivity contribution in [3.8, 4) is 0 Å². The molecule has 0 aliphatic heterocycles. The number of rotatable bonds is 5. The minimum Gasteiger partial charge on any atom is -0.404 e. The van der Waals surface area contributed by atoms with Crippen LogP contribution >= 0.6 is 0 Å². The van der Waals surface area contributed by atoms with Crippen molar-refractivity contribution in [2.45, 2.75) is 0 Å². The van der Waals surface area contributed by atoms with Crippen molar-refractivity contribution in [3.63, 3.8) is 0 Å². The second-order valence-electron chi connectivity index (χ2n) is 2.83. The van der Waals surface area contributed by atoms with E-state index in [0.29, 0.717) is 13.0 Å². The van der Waals surface area contributed by atoms with Gasteiger partial charge in [-0.25, -0.2) is 0 Å². The van der Waals surface area contributed by atoms with Crippen LogP contribution in [-0.4, -0.2) is 19.2 Å². The first-order valence-electron chi connectivity index (χ1n) is 4.53. The third-order valence-electron chi connectivity index (χ3n) is 1.74. The van der Waals surface area contributed by atoms with E-state index in [1.54, 1.807) is 6.21 Å². The highest BCUT2D eigenvalue weighted by Crippen LogP contribution is 2.08. The molecule has 15 heavy (non-hydrogen) atoms. The summed E-state index contributed by atoms with van der Waals surface area (Å²) in [6.07, 6.45) is 3.68. The zero-order chi connectivity index (χ0) is 10.9. The average Bonchev–Trinajstić information content (AvgIpc) is 2.31. The van der Waals surface area contributed by atoms with Crippen LogP contribution in [0.1, 0.15) is 0 Å². The van der Waals surface area contributed by atoms with Crippen LogP contribution in [0.3, 0.4) is 0 Å². The summed E-state index contributed by atoms with van der Waals surface area (Å²) in [5, 5.41) is 2.52. The van der Waals surface area contributed by atoms with Crippen LogP contribution in [0.25, 0.3) is 0 Å². The fourth-order valence-electron chi connectivity index (χ4n) is 0.979. The largest absolute Gasteiger partial charge is 0.404 e. The lowest BCUT2D eigenvalue weighted by Crippen LogP contribution is -2.15. The van der Waals surface area contributed by atoms with Crippen molar-refractivity contribution in [2.24, 2.45) is 10.7 Å². The van der Waals surface area contributed by atoms with Gasteiger partial charge in [0.2, 0.25) is 6.41 Å². The summed E-state index contributed by atoms with van der Waals surface area (Å²) < 4.78 is 0. The predicted octanol–water partition coefficient (Wildman–Crippen LogP) is 0.977. The van der Waals surface area contributed by atoms with Crippen LogP contribution in [-0.2, 0) is 4.79 Å². The Kier molecular flexibility index (Phi) is 4.66. The smallest absolute Gasteiger partial charge is 0.207 e. The van der Waals surface area contributed by atoms with E-state index in [4.69, 9.17) is 5.73 Å². The Hall–Kier alpha value is -2.10. The fraction of sp³-hybridized carbons (Fsp3) is 0.0909. The lowest BCUT2D eigenvalue weighted by molar-refractivity contribution is -0.109. The Balaban J connectivity index is 2.59. The molecule has 1 amide bonds. The molecule has 0 fully saturated rings. The van der Waals surface area contributed by atoms with Crippen molar-refractivity contribution >= 4 is 18.3 Å². The molecule has 4 nitrogen and oxygen atoms in total. The van der Waals surface area contributed by atoms with Gasteiger partial charge < -0.3 is 11.1 Å². The molecule has 0 aromatic heterocycles. The molecule has 0 aliphatic carbocycles. The van der Waals surface area contributed by atoms with E-state index < -0.39 is 0 Å². The maximum Gasteiger partial charge on any atom is 0.207 e. The van der Waals surface area contributed by atoms with Gasteiger partial charge in [-0.1, -0.05) is 18.2 Å². The number of benzene rings is 1. The maximum absolute atomic E-state index is 10.1. The molecule has 0 heterocycles. The Bertz CT molecular complexity index is 357. The standard InChI is InChI=1S/C11H13N3O/c12-6-10(7-13-9-15)8-14-11-4-2-1-3-5-11/h1-6,8-9H,7,12H2,(H,13,15). The summed E-state index contributed by atoms with van der Waals surface area (Å²) in [4.78, 5) is 14.3. The number of nitrogens with two attached hydrogens (primary N) is 1. The molecule has 1 aromatic carbocycles. The van der Waals surface area contributed by atoms with Gasteiger partial charge in [0.1, 0.15) is 0 Å². The van der Waals surface area contributed by atoms with E-state index in [9.17, 15) is 4.79 Å². The second-order valence-corrected chi connectivity index (χ2v) is 2.83. The Labute approximate surface area is 88.5 Å². The molecule has 78 valence electrons. The van der Waals surface area contributed by atoms with Gasteiger partial charge in [-0.3, -0.25) is 9.79 Å². The third kappa shape index (κ3) is 4.08. The van der Waals surface area contributed by atoms with E-state index in [1.807, 2.05) is 30.3 Å². The number of hydrogen-bond acceptors (Lipinski definition) is 3. The van der Waals surface area contributed by atoms with Crippen LogP contribution in [0.5, 0.6) is 0 Å². The Morgan fingerprint density at radius 1 is 1.40 bits per heavy atom. The number of para-hydroxylation sites is 1. The Morgan fingerprint density at radius 3 is 2.73 bits per heavy atom. The summed E-state index contributed by atoms with van der Waals surface area (Å²) in [6, 6.07) is 9.51. The first-order chi connectivity index (χ1) is 7.36. The number of carbonyl (C=O) groups excluding carboxylic acids is 1. The molecule has 0 aliphatic rings. The molecule has 0 bridgehead atoms. The van der Waals surface area contributed by atoms with Crippen LogP contribution in [0.2, 0.25) is 0 Å². The van der Waals surface area contributed by atoms with Crippen LogP contribution < -0.4 is 11.1 Å². The van der Waals surface area contributed by atoms with E-state index in [-0.39, 0.29) is 0 Å². The van der Waals surface area contributed by atoms with Gasteiger partial charge in [0, 0.05) is 24.5 Å². The quantitative estimate of drug-likeness (QED) is 0.553. The van der Waals surface area contributed by atoms with Crippen LogP contribution in [0.4, 0.5) is 5.69 Å². The highest BCUT2D eigenvalue weighted by atomic mass is 16.1. The van der Waals surface area contributed by atoms with Crippen molar-refractivity contribution in [2.75, 3.05) is 6.54 Å². The lowest BCUT2D eigenvalue weighted by atomic mass is 10.3. The second kappa shape index (κ2) is 6.37. The minimum absolute atomic E-state index is 0.385. The van der Waals surface area contributed by atoms with Gasteiger partial charge >= 0.3 is 0 Å². The molecule has 4 heteroatoms. The van der Waals surface area contributed by atoms with Gasteiger partial charge in [-0.05, 0) is 12.1 Å². The number of nitrogens with zero attached hydrogens (tertiary/aromatic N) is 1. The molecule has 3 N–H and O–H groups in total. The third-order valence-corrected chi connectivity index (χ3v) is 1.74. The van der Waals surface area contributed by atoms with Gasteiger partial charge in [0.25, 0.3) is 0 Å². The van der Waals surface area contributed by atoms with Crippen molar-refractivity contribution in [1.82, 2.24) is 5.32 Å². The molecule has 0 atom stereocenters. The van der Waals surface area contributed by atoms with E-state index >= 15 is 0 Å². The molecule has 0 saturated heterocycles. The number of nitrogens with one attached hydrogen (secondary N) is 1. The zero-order valence-corrected chi connectivity index (χ0v) is 8.26. The summed E-state index contributed by atoms with van der Waals surface area (Å²) in [6.45, 7) is 0.385. The number of hydrogen-bond donors (Lipinski definition) is 2. The van der Waals surface area contributed by atoms with Crippen molar-refractivity contribution in [3.05, 3.63) is 42.1 Å². The molecule has 0 radical (unpaired) electrons. The SMILES string of the molecule is NC=C(C=Nc1ccccc1)CNC=O. The molecule has 1 rings (SSSR count). The van der Waals surface area contributed by atoms with Gasteiger partial charge in [0.05, 0.1) is 5.69 Å². The first-order valence-corrected chi connectivity index (χ1v) is 4.53. The summed E-state index contributed by atoms with van der Waals surface area (Å²) in [5.74, 6) is 0. The zero-order valence-electron chi connectivity index (χ0n) is 8.26. The fourth-order valence-corrected chi connectivity index (χ4v) is 0.979. The van der Waals surface area contributed by atoms with Crippen molar-refractivity contribution < 1.29 is 4.79 Å². The molecular weight excluding hydrogens is 190 g/mol. The molecule has 0 unspecified atom stereocenters. The number of aliphatic imine (C=N–C) groups is 1. The normalized spacial score (nSPS) is 11.6. The summed E-state index contributed by atoms with van der Waals surface area (Å²) in [5.41, 5.74) is 6.97. The topological polar surface area (TPSA) is 67.5 Å². The number of amides is 1.